The van der Waals surface area contributed by atoms with Crippen LogP contribution in [0.2, 0.25) is 0 Å². The van der Waals surface area contributed by atoms with Crippen LogP contribution in [-0.4, -0.2) is 17.8 Å². The van der Waals surface area contributed by atoms with Gasteiger partial charge >= 0.3 is 0 Å². The molecule has 0 aliphatic rings. The molecule has 0 aliphatic carbocycles. The van der Waals surface area contributed by atoms with Crippen molar-refractivity contribution in [3.05, 3.63) is 60.0 Å². The van der Waals surface area contributed by atoms with Crippen LogP contribution in [0.1, 0.15) is 11.1 Å². The van der Waals surface area contributed by atoms with E-state index in [9.17, 15) is 8.42 Å². The lowest BCUT2D eigenvalue weighted by Gasteiger charge is -2.11. The van der Waals surface area contributed by atoms with Crippen molar-refractivity contribution in [2.24, 2.45) is 0 Å². The molecule has 108 valence electrons. The first-order chi connectivity index (χ1) is 9.95. The van der Waals surface area contributed by atoms with E-state index in [1.165, 1.54) is 0 Å². The maximum absolute atomic E-state index is 12.5. The van der Waals surface area contributed by atoms with E-state index in [4.69, 9.17) is 0 Å². The Labute approximate surface area is 123 Å². The normalized spacial score (nSPS) is 11.7. The highest BCUT2D eigenvalue weighted by Crippen LogP contribution is 2.20. The van der Waals surface area contributed by atoms with E-state index in [-0.39, 0.29) is 0 Å². The van der Waals surface area contributed by atoms with Gasteiger partial charge in [-0.15, -0.1) is 0 Å². The second-order valence-corrected chi connectivity index (χ2v) is 6.64. The van der Waals surface area contributed by atoms with Crippen molar-refractivity contribution < 1.29 is 8.42 Å². The molecule has 0 aliphatic heterocycles. The summed E-state index contributed by atoms with van der Waals surface area (Å²) in [5.74, 6) is 0. The maximum Gasteiger partial charge on any atom is 0.262 e. The number of fused-ring (bicyclic) bond motifs is 1. The number of rotatable bonds is 3. The molecule has 3 rings (SSSR count). The summed E-state index contributed by atoms with van der Waals surface area (Å²) in [6.45, 7) is 3.73. The molecular weight excluding hydrogens is 286 g/mol. The van der Waals surface area contributed by atoms with Crippen molar-refractivity contribution >= 4 is 21.4 Å². The topological polar surface area (TPSA) is 63.5 Å². The molecule has 1 N–H and O–H groups in total. The van der Waals surface area contributed by atoms with Crippen LogP contribution in [0.15, 0.2) is 53.8 Å². The Hall–Kier alpha value is -2.34. The lowest BCUT2D eigenvalue weighted by Crippen LogP contribution is -2.14. The third-order valence-electron chi connectivity index (χ3n) is 3.26. The zero-order chi connectivity index (χ0) is 15.0. The van der Waals surface area contributed by atoms with Crippen LogP contribution in [-0.2, 0) is 10.0 Å². The van der Waals surface area contributed by atoms with Crippen LogP contribution in [0.3, 0.4) is 0 Å². The second-order valence-electron chi connectivity index (χ2n) is 4.98. The van der Waals surface area contributed by atoms with Gasteiger partial charge in [-0.2, -0.15) is 0 Å². The van der Waals surface area contributed by atoms with Crippen LogP contribution in [0.4, 0.5) is 5.69 Å². The van der Waals surface area contributed by atoms with Crippen molar-refractivity contribution in [3.63, 3.8) is 0 Å². The number of imidazole rings is 1. The second kappa shape index (κ2) is 4.89. The number of nitrogens with zero attached hydrogens (tertiary/aromatic N) is 2. The Kier molecular flexibility index (Phi) is 3.17. The summed E-state index contributed by atoms with van der Waals surface area (Å²) in [5, 5.41) is 0. The molecule has 0 atom stereocenters. The zero-order valence-electron chi connectivity index (χ0n) is 11.7. The number of sulfonamides is 1. The first kappa shape index (κ1) is 13.6. The van der Waals surface area contributed by atoms with Gasteiger partial charge in [0.05, 0.1) is 10.6 Å². The van der Waals surface area contributed by atoms with Gasteiger partial charge in [0.25, 0.3) is 10.0 Å². The highest BCUT2D eigenvalue weighted by Gasteiger charge is 2.17. The predicted octanol–water partition coefficient (Wildman–Crippen LogP) is 2.75. The predicted molar refractivity (Wildman–Crippen MR) is 81.9 cm³/mol. The minimum Gasteiger partial charge on any atom is -0.305 e. The van der Waals surface area contributed by atoms with Crippen molar-refractivity contribution in [1.29, 1.82) is 0 Å². The highest BCUT2D eigenvalue weighted by molar-refractivity contribution is 7.92. The van der Waals surface area contributed by atoms with Gasteiger partial charge in [-0.25, -0.2) is 13.4 Å². The fourth-order valence-corrected chi connectivity index (χ4v) is 3.56. The van der Waals surface area contributed by atoms with E-state index in [1.807, 2.05) is 13.0 Å². The van der Waals surface area contributed by atoms with E-state index in [0.29, 0.717) is 10.6 Å². The minimum absolute atomic E-state index is 0.291. The SMILES string of the molecule is Cc1ccc(S(=O)(=O)Nc2ccc3nccn3c2)c(C)c1. The van der Waals surface area contributed by atoms with Gasteiger partial charge in [-0.1, -0.05) is 17.7 Å². The fourth-order valence-electron chi connectivity index (χ4n) is 2.29. The minimum atomic E-state index is -3.60. The number of aryl methyl sites for hydroxylation is 2. The van der Waals surface area contributed by atoms with Gasteiger partial charge in [-0.3, -0.25) is 4.72 Å². The van der Waals surface area contributed by atoms with Crippen molar-refractivity contribution in [2.45, 2.75) is 18.7 Å². The summed E-state index contributed by atoms with van der Waals surface area (Å²) in [5.41, 5.74) is 3.03. The summed E-state index contributed by atoms with van der Waals surface area (Å²) in [6.07, 6.45) is 5.13. The Morgan fingerprint density at radius 2 is 1.95 bits per heavy atom. The molecule has 2 aromatic heterocycles. The Bertz CT molecular complexity index is 914. The number of anilines is 1. The number of hydrogen-bond donors (Lipinski definition) is 1. The van der Waals surface area contributed by atoms with Crippen molar-refractivity contribution in [2.75, 3.05) is 4.72 Å². The molecular formula is C15H15N3O2S. The molecule has 0 fully saturated rings. The van der Waals surface area contributed by atoms with E-state index in [2.05, 4.69) is 9.71 Å². The number of nitrogens with one attached hydrogen (secondary N) is 1. The first-order valence-corrected chi connectivity index (χ1v) is 7.97. The Morgan fingerprint density at radius 1 is 1.14 bits per heavy atom. The van der Waals surface area contributed by atoms with Crippen LogP contribution >= 0.6 is 0 Å². The van der Waals surface area contributed by atoms with Crippen molar-refractivity contribution in [1.82, 2.24) is 9.38 Å². The standard InChI is InChI=1S/C15H15N3O2S/c1-11-3-5-14(12(2)9-11)21(19,20)17-13-4-6-15-16-7-8-18(15)10-13/h3-10,17H,1-2H3. The third-order valence-corrected chi connectivity index (χ3v) is 4.80. The fraction of sp³-hybridized carbons (Fsp3) is 0.133. The highest BCUT2D eigenvalue weighted by atomic mass is 32.2. The molecule has 0 amide bonds. The number of pyridine rings is 1. The quantitative estimate of drug-likeness (QED) is 0.809. The van der Waals surface area contributed by atoms with Gasteiger partial charge in [0.1, 0.15) is 5.65 Å². The molecule has 0 radical (unpaired) electrons. The monoisotopic (exact) mass is 301 g/mol. The third kappa shape index (κ3) is 2.62. The molecule has 0 saturated heterocycles. The lowest BCUT2D eigenvalue weighted by molar-refractivity contribution is 0.600. The zero-order valence-corrected chi connectivity index (χ0v) is 12.6. The maximum atomic E-state index is 12.5. The molecule has 5 nitrogen and oxygen atoms in total. The summed E-state index contributed by atoms with van der Waals surface area (Å²) >= 11 is 0. The number of aromatic nitrogens is 2. The molecule has 0 bridgehead atoms. The Morgan fingerprint density at radius 3 is 2.71 bits per heavy atom. The smallest absolute Gasteiger partial charge is 0.262 e. The molecule has 0 unspecified atom stereocenters. The van der Waals surface area contributed by atoms with Gasteiger partial charge in [0.15, 0.2) is 0 Å². The van der Waals surface area contributed by atoms with Crippen LogP contribution in [0.25, 0.3) is 5.65 Å². The molecule has 0 saturated carbocycles. The summed E-state index contributed by atoms with van der Waals surface area (Å²) < 4.78 is 29.3. The summed E-state index contributed by atoms with van der Waals surface area (Å²) in [4.78, 5) is 4.41. The average molecular weight is 301 g/mol. The van der Waals surface area contributed by atoms with Gasteiger partial charge in [-0.05, 0) is 37.6 Å². The van der Waals surface area contributed by atoms with Crippen LogP contribution < -0.4 is 4.72 Å². The molecule has 21 heavy (non-hydrogen) atoms. The van der Waals surface area contributed by atoms with E-state index < -0.39 is 10.0 Å². The molecule has 6 heteroatoms. The first-order valence-electron chi connectivity index (χ1n) is 6.48. The molecule has 0 spiro atoms. The van der Waals surface area contributed by atoms with E-state index >= 15 is 0 Å². The molecule has 3 aromatic rings. The van der Waals surface area contributed by atoms with Crippen LogP contribution in [0, 0.1) is 13.8 Å². The summed E-state index contributed by atoms with van der Waals surface area (Å²) in [7, 11) is -3.60. The largest absolute Gasteiger partial charge is 0.305 e. The Balaban J connectivity index is 1.98. The van der Waals surface area contributed by atoms with Gasteiger partial charge < -0.3 is 4.40 Å². The van der Waals surface area contributed by atoms with Crippen LogP contribution in [0.5, 0.6) is 0 Å². The van der Waals surface area contributed by atoms with Crippen molar-refractivity contribution in [3.8, 4) is 0 Å². The lowest BCUT2D eigenvalue weighted by atomic mass is 10.2. The summed E-state index contributed by atoms with van der Waals surface area (Å²) in [6, 6.07) is 8.74. The van der Waals surface area contributed by atoms with Gasteiger partial charge in [0, 0.05) is 18.6 Å². The number of benzene rings is 1. The molecule has 2 heterocycles. The van der Waals surface area contributed by atoms with E-state index in [1.54, 1.807) is 54.2 Å². The van der Waals surface area contributed by atoms with Gasteiger partial charge in [0.2, 0.25) is 0 Å². The van der Waals surface area contributed by atoms with E-state index in [0.717, 1.165) is 16.8 Å². The molecule has 1 aromatic carbocycles. The average Bonchev–Trinajstić information content (AvgIpc) is 2.85. The number of hydrogen-bond acceptors (Lipinski definition) is 3.